The number of aromatic nitrogens is 1. The lowest BCUT2D eigenvalue weighted by atomic mass is 9.97. The van der Waals surface area contributed by atoms with Crippen LogP contribution >= 0.6 is 15.9 Å². The van der Waals surface area contributed by atoms with Crippen molar-refractivity contribution in [3.8, 4) is 0 Å². The Morgan fingerprint density at radius 2 is 1.68 bits per heavy atom. The summed E-state index contributed by atoms with van der Waals surface area (Å²) in [5.41, 5.74) is 2.11. The second kappa shape index (κ2) is 9.64. The van der Waals surface area contributed by atoms with Crippen molar-refractivity contribution in [2.45, 2.75) is 17.7 Å². The zero-order valence-corrected chi connectivity index (χ0v) is 21.2. The van der Waals surface area contributed by atoms with Gasteiger partial charge in [0.15, 0.2) is 0 Å². The van der Waals surface area contributed by atoms with Crippen molar-refractivity contribution >= 4 is 48.5 Å². The molecule has 0 aliphatic carbocycles. The first-order chi connectivity index (χ1) is 16.4. The van der Waals surface area contributed by atoms with E-state index in [1.54, 1.807) is 24.3 Å². The average molecular weight is 543 g/mol. The van der Waals surface area contributed by atoms with Gasteiger partial charge in [-0.05, 0) is 49.2 Å². The molecule has 2 fully saturated rings. The Hall–Kier alpha value is -2.49. The van der Waals surface area contributed by atoms with Crippen LogP contribution in [0.4, 0.5) is 5.69 Å². The number of halogens is 1. The second-order valence-corrected chi connectivity index (χ2v) is 11.7. The van der Waals surface area contributed by atoms with Gasteiger partial charge in [-0.25, -0.2) is 8.42 Å². The highest BCUT2D eigenvalue weighted by molar-refractivity contribution is 9.10. The fraction of sp³-hybridized carbons (Fsp3) is 0.360. The number of fused-ring (bicyclic) bond motifs is 1. The molecule has 34 heavy (non-hydrogen) atoms. The van der Waals surface area contributed by atoms with Gasteiger partial charge in [0.25, 0.3) is 0 Å². The lowest BCUT2D eigenvalue weighted by Crippen LogP contribution is -2.53. The molecule has 1 atom stereocenters. The number of nitrogens with zero attached hydrogens (tertiary/aromatic N) is 4. The lowest BCUT2D eigenvalue weighted by molar-refractivity contribution is -0.137. The Labute approximate surface area is 208 Å². The molecule has 2 saturated heterocycles. The van der Waals surface area contributed by atoms with Crippen LogP contribution in [0.15, 0.2) is 70.2 Å². The van der Waals surface area contributed by atoms with Crippen molar-refractivity contribution in [1.82, 2.24) is 14.2 Å². The molecule has 2 aromatic carbocycles. The number of benzene rings is 2. The molecule has 0 saturated carbocycles. The van der Waals surface area contributed by atoms with Crippen LogP contribution in [0.1, 0.15) is 12.8 Å². The Bertz CT molecular complexity index is 1290. The number of sulfonamides is 1. The molecule has 2 aliphatic heterocycles. The summed E-state index contributed by atoms with van der Waals surface area (Å²) >= 11 is 3.35. The third kappa shape index (κ3) is 4.56. The van der Waals surface area contributed by atoms with Crippen molar-refractivity contribution in [3.05, 3.63) is 65.3 Å². The predicted octanol–water partition coefficient (Wildman–Crippen LogP) is 3.75. The first-order valence-corrected chi connectivity index (χ1v) is 13.8. The molecule has 3 aromatic rings. The van der Waals surface area contributed by atoms with Gasteiger partial charge < -0.3 is 9.80 Å². The maximum absolute atomic E-state index is 13.3. The standard InChI is InChI=1S/C25H27BrN4O3S/c26-20-7-9-21(10-8-20)34(32,33)30-13-3-4-19(18-30)25(31)29-16-14-28(15-17-29)24-11-12-27-23-6-2-1-5-22(23)24/h1-2,5-12,19H,3-4,13-18H2. The summed E-state index contributed by atoms with van der Waals surface area (Å²) in [6.07, 6.45) is 3.24. The molecule has 178 valence electrons. The topological polar surface area (TPSA) is 73.8 Å². The van der Waals surface area contributed by atoms with E-state index in [0.717, 1.165) is 40.6 Å². The van der Waals surface area contributed by atoms with Crippen LogP contribution < -0.4 is 4.90 Å². The first kappa shape index (κ1) is 23.3. The van der Waals surface area contributed by atoms with Gasteiger partial charge >= 0.3 is 0 Å². The van der Waals surface area contributed by atoms with Crippen LogP contribution in [-0.4, -0.2) is 67.8 Å². The fourth-order valence-corrected chi connectivity index (χ4v) is 6.69. The molecule has 1 amide bonds. The monoisotopic (exact) mass is 542 g/mol. The minimum absolute atomic E-state index is 0.0648. The summed E-state index contributed by atoms with van der Waals surface area (Å²) in [5.74, 6) is -0.234. The summed E-state index contributed by atoms with van der Waals surface area (Å²) in [6.45, 7) is 3.44. The van der Waals surface area contributed by atoms with Crippen LogP contribution in [0.25, 0.3) is 10.9 Å². The van der Waals surface area contributed by atoms with Gasteiger partial charge in [-0.3, -0.25) is 9.78 Å². The number of para-hydroxylation sites is 1. The Balaban J connectivity index is 1.24. The number of pyridine rings is 1. The molecule has 0 radical (unpaired) electrons. The van der Waals surface area contributed by atoms with Crippen LogP contribution in [-0.2, 0) is 14.8 Å². The maximum atomic E-state index is 13.3. The number of anilines is 1. The van der Waals surface area contributed by atoms with E-state index in [9.17, 15) is 13.2 Å². The van der Waals surface area contributed by atoms with E-state index in [1.807, 2.05) is 35.4 Å². The number of carbonyl (C=O) groups is 1. The van der Waals surface area contributed by atoms with Gasteiger partial charge in [-0.2, -0.15) is 4.31 Å². The Morgan fingerprint density at radius 1 is 0.941 bits per heavy atom. The van der Waals surface area contributed by atoms with Crippen molar-refractivity contribution < 1.29 is 13.2 Å². The van der Waals surface area contributed by atoms with Crippen LogP contribution in [0.5, 0.6) is 0 Å². The van der Waals surface area contributed by atoms with E-state index < -0.39 is 10.0 Å². The number of piperazine rings is 1. The van der Waals surface area contributed by atoms with Gasteiger partial charge in [0, 0.05) is 61.0 Å². The molecule has 1 aromatic heterocycles. The number of piperidine rings is 1. The summed E-state index contributed by atoms with van der Waals surface area (Å²) in [4.78, 5) is 22.3. The highest BCUT2D eigenvalue weighted by Crippen LogP contribution is 2.28. The molecular formula is C25H27BrN4O3S. The molecular weight excluding hydrogens is 516 g/mol. The molecule has 0 N–H and O–H groups in total. The molecule has 2 aliphatic rings. The molecule has 9 heteroatoms. The molecule has 0 spiro atoms. The maximum Gasteiger partial charge on any atom is 0.243 e. The fourth-order valence-electron chi connectivity index (χ4n) is 4.90. The van der Waals surface area contributed by atoms with Crippen LogP contribution in [0.2, 0.25) is 0 Å². The van der Waals surface area contributed by atoms with Gasteiger partial charge in [-0.15, -0.1) is 0 Å². The number of amides is 1. The van der Waals surface area contributed by atoms with E-state index in [4.69, 9.17) is 0 Å². The van der Waals surface area contributed by atoms with Crippen molar-refractivity contribution in [3.63, 3.8) is 0 Å². The highest BCUT2D eigenvalue weighted by atomic mass is 79.9. The number of hydrogen-bond donors (Lipinski definition) is 0. The zero-order valence-electron chi connectivity index (χ0n) is 18.8. The average Bonchev–Trinajstić information content (AvgIpc) is 2.88. The Kier molecular flexibility index (Phi) is 6.59. The van der Waals surface area contributed by atoms with Gasteiger partial charge in [0.2, 0.25) is 15.9 Å². The van der Waals surface area contributed by atoms with E-state index >= 15 is 0 Å². The van der Waals surface area contributed by atoms with Gasteiger partial charge in [-0.1, -0.05) is 34.1 Å². The van der Waals surface area contributed by atoms with E-state index in [1.165, 1.54) is 4.31 Å². The molecule has 5 rings (SSSR count). The molecule has 1 unspecified atom stereocenters. The quantitative estimate of drug-likeness (QED) is 0.502. The third-order valence-electron chi connectivity index (χ3n) is 6.74. The molecule has 0 bridgehead atoms. The minimum atomic E-state index is -3.61. The summed E-state index contributed by atoms with van der Waals surface area (Å²) in [7, 11) is -3.61. The van der Waals surface area contributed by atoms with Gasteiger partial charge in [0.05, 0.1) is 16.3 Å². The number of rotatable bonds is 4. The van der Waals surface area contributed by atoms with E-state index in [0.29, 0.717) is 26.1 Å². The highest BCUT2D eigenvalue weighted by Gasteiger charge is 2.36. The third-order valence-corrected chi connectivity index (χ3v) is 9.15. The van der Waals surface area contributed by atoms with Gasteiger partial charge in [0.1, 0.15) is 0 Å². The SMILES string of the molecule is O=C(C1CCCN(S(=O)(=O)c2ccc(Br)cc2)C1)N1CCN(c2ccnc3ccccc23)CC1. The van der Waals surface area contributed by atoms with Crippen molar-refractivity contribution in [2.75, 3.05) is 44.2 Å². The number of carbonyl (C=O) groups excluding carboxylic acids is 1. The summed E-state index contributed by atoms with van der Waals surface area (Å²) < 4.78 is 28.6. The predicted molar refractivity (Wildman–Crippen MR) is 136 cm³/mol. The van der Waals surface area contributed by atoms with E-state index in [2.05, 4.69) is 31.9 Å². The summed E-state index contributed by atoms with van der Waals surface area (Å²) in [5, 5.41) is 1.12. The molecule has 3 heterocycles. The van der Waals surface area contributed by atoms with Crippen molar-refractivity contribution in [1.29, 1.82) is 0 Å². The number of hydrogen-bond acceptors (Lipinski definition) is 5. The smallest absolute Gasteiger partial charge is 0.243 e. The van der Waals surface area contributed by atoms with Crippen molar-refractivity contribution in [2.24, 2.45) is 5.92 Å². The van der Waals surface area contributed by atoms with Crippen LogP contribution in [0, 0.1) is 5.92 Å². The minimum Gasteiger partial charge on any atom is -0.367 e. The first-order valence-electron chi connectivity index (χ1n) is 11.6. The normalized spacial score (nSPS) is 20.0. The largest absolute Gasteiger partial charge is 0.367 e. The van der Waals surface area contributed by atoms with E-state index in [-0.39, 0.29) is 23.3 Å². The Morgan fingerprint density at radius 3 is 2.44 bits per heavy atom. The zero-order chi connectivity index (χ0) is 23.7. The molecule has 7 nitrogen and oxygen atoms in total. The lowest BCUT2D eigenvalue weighted by Gasteiger charge is -2.39. The second-order valence-electron chi connectivity index (χ2n) is 8.82. The van der Waals surface area contributed by atoms with Crippen LogP contribution in [0.3, 0.4) is 0 Å². The summed E-state index contributed by atoms with van der Waals surface area (Å²) in [6, 6.07) is 16.8.